The summed E-state index contributed by atoms with van der Waals surface area (Å²) in [4.78, 5) is 19.1. The van der Waals surface area contributed by atoms with Gasteiger partial charge in [-0.05, 0) is 38.6 Å². The number of Topliss-reactive ketones (excluding diaryl/α,β-unsaturated/α-hetero) is 1. The lowest BCUT2D eigenvalue weighted by atomic mass is 9.82. The van der Waals surface area contributed by atoms with E-state index < -0.39 is 0 Å². The standard InChI is InChI=1S/C17H27N3O/c1-2-9-20-13-18-11-14(20)12-19-10-5-7-16(19)15-6-3-4-8-17(15)21/h11,13,15-16H,2-10,12H2,1H3. The Morgan fingerprint density at radius 2 is 2.19 bits per heavy atom. The van der Waals surface area contributed by atoms with Crippen LogP contribution in [-0.2, 0) is 17.9 Å². The second-order valence-electron chi connectivity index (χ2n) is 6.58. The zero-order chi connectivity index (χ0) is 14.7. The summed E-state index contributed by atoms with van der Waals surface area (Å²) in [5.74, 6) is 0.809. The second-order valence-corrected chi connectivity index (χ2v) is 6.58. The minimum atomic E-state index is 0.295. The Bertz CT molecular complexity index is 482. The van der Waals surface area contributed by atoms with E-state index in [0.717, 1.165) is 45.3 Å². The third-order valence-corrected chi connectivity index (χ3v) is 5.11. The van der Waals surface area contributed by atoms with Gasteiger partial charge in [0.2, 0.25) is 0 Å². The first-order valence-electron chi connectivity index (χ1n) is 8.55. The van der Waals surface area contributed by atoms with Crippen molar-refractivity contribution in [2.75, 3.05) is 6.54 Å². The molecule has 0 amide bonds. The molecule has 0 bridgehead atoms. The minimum Gasteiger partial charge on any atom is -0.333 e. The van der Waals surface area contributed by atoms with Crippen LogP contribution in [0.1, 0.15) is 57.6 Å². The van der Waals surface area contributed by atoms with Gasteiger partial charge < -0.3 is 4.57 Å². The highest BCUT2D eigenvalue weighted by Crippen LogP contribution is 2.33. The molecule has 1 aliphatic heterocycles. The van der Waals surface area contributed by atoms with Crippen LogP contribution in [0.2, 0.25) is 0 Å². The number of aromatic nitrogens is 2. The maximum atomic E-state index is 12.3. The Balaban J connectivity index is 1.69. The summed E-state index contributed by atoms with van der Waals surface area (Å²) in [6.07, 6.45) is 11.7. The fourth-order valence-electron chi connectivity index (χ4n) is 4.05. The van der Waals surface area contributed by atoms with Crippen molar-refractivity contribution in [1.82, 2.24) is 14.5 Å². The predicted molar refractivity (Wildman–Crippen MR) is 82.9 cm³/mol. The van der Waals surface area contributed by atoms with Gasteiger partial charge in [-0.2, -0.15) is 0 Å². The maximum absolute atomic E-state index is 12.3. The van der Waals surface area contributed by atoms with E-state index in [1.54, 1.807) is 0 Å². The molecule has 2 fully saturated rings. The predicted octanol–water partition coefficient (Wildman–Crippen LogP) is 3.02. The summed E-state index contributed by atoms with van der Waals surface area (Å²) in [5, 5.41) is 0. The van der Waals surface area contributed by atoms with Crippen molar-refractivity contribution in [1.29, 1.82) is 0 Å². The molecule has 21 heavy (non-hydrogen) atoms. The van der Waals surface area contributed by atoms with E-state index in [1.807, 2.05) is 12.5 Å². The van der Waals surface area contributed by atoms with Crippen molar-refractivity contribution in [3.05, 3.63) is 18.2 Å². The molecule has 1 aromatic heterocycles. The van der Waals surface area contributed by atoms with Crippen LogP contribution in [0.4, 0.5) is 0 Å². The van der Waals surface area contributed by atoms with Gasteiger partial charge in [0.15, 0.2) is 0 Å². The molecule has 1 saturated heterocycles. The number of likely N-dealkylation sites (tertiary alicyclic amines) is 1. The lowest BCUT2D eigenvalue weighted by molar-refractivity contribution is -0.126. The molecule has 0 radical (unpaired) electrons. The van der Waals surface area contributed by atoms with Crippen molar-refractivity contribution in [3.8, 4) is 0 Å². The largest absolute Gasteiger partial charge is 0.333 e. The molecule has 116 valence electrons. The number of ketones is 1. The zero-order valence-electron chi connectivity index (χ0n) is 13.1. The number of imidazole rings is 1. The Morgan fingerprint density at radius 1 is 1.29 bits per heavy atom. The van der Waals surface area contributed by atoms with Gasteiger partial charge in [-0.3, -0.25) is 9.69 Å². The third-order valence-electron chi connectivity index (χ3n) is 5.11. The average Bonchev–Trinajstić information content (AvgIpc) is 3.11. The summed E-state index contributed by atoms with van der Waals surface area (Å²) in [6, 6.07) is 0.475. The van der Waals surface area contributed by atoms with Crippen LogP contribution >= 0.6 is 0 Å². The Hall–Kier alpha value is -1.16. The molecule has 2 atom stereocenters. The average molecular weight is 289 g/mol. The summed E-state index contributed by atoms with van der Waals surface area (Å²) in [6.45, 7) is 5.32. The second kappa shape index (κ2) is 6.73. The lowest BCUT2D eigenvalue weighted by Crippen LogP contribution is -2.40. The smallest absolute Gasteiger partial charge is 0.137 e. The number of aryl methyl sites for hydroxylation is 1. The summed E-state index contributed by atoms with van der Waals surface area (Å²) in [5.41, 5.74) is 1.30. The van der Waals surface area contributed by atoms with Crippen molar-refractivity contribution in [2.45, 2.75) is 71.0 Å². The van der Waals surface area contributed by atoms with Crippen molar-refractivity contribution < 1.29 is 4.79 Å². The Kier molecular flexibility index (Phi) is 4.73. The van der Waals surface area contributed by atoms with Crippen molar-refractivity contribution >= 4 is 5.78 Å². The highest BCUT2D eigenvalue weighted by Gasteiger charge is 2.36. The monoisotopic (exact) mass is 289 g/mol. The molecule has 4 heteroatoms. The molecule has 1 aromatic rings. The van der Waals surface area contributed by atoms with Crippen LogP contribution in [0.15, 0.2) is 12.5 Å². The topological polar surface area (TPSA) is 38.1 Å². The first-order valence-corrected chi connectivity index (χ1v) is 8.55. The number of carbonyl (C=O) groups is 1. The quantitative estimate of drug-likeness (QED) is 0.836. The Morgan fingerprint density at radius 3 is 3.00 bits per heavy atom. The van der Waals surface area contributed by atoms with E-state index in [-0.39, 0.29) is 0 Å². The van der Waals surface area contributed by atoms with Gasteiger partial charge in [-0.15, -0.1) is 0 Å². The zero-order valence-corrected chi connectivity index (χ0v) is 13.1. The number of carbonyl (C=O) groups excluding carboxylic acids is 1. The summed E-state index contributed by atoms with van der Waals surface area (Å²) in [7, 11) is 0. The van der Waals surface area contributed by atoms with Crippen LogP contribution in [0.25, 0.3) is 0 Å². The van der Waals surface area contributed by atoms with Gasteiger partial charge in [0.25, 0.3) is 0 Å². The van der Waals surface area contributed by atoms with Crippen LogP contribution < -0.4 is 0 Å². The van der Waals surface area contributed by atoms with Gasteiger partial charge in [-0.1, -0.05) is 13.3 Å². The van der Waals surface area contributed by atoms with E-state index in [0.29, 0.717) is 17.7 Å². The molecule has 1 saturated carbocycles. The molecule has 2 unspecified atom stereocenters. The van der Waals surface area contributed by atoms with Gasteiger partial charge in [0.05, 0.1) is 12.0 Å². The molecular weight excluding hydrogens is 262 g/mol. The number of rotatable bonds is 5. The van der Waals surface area contributed by atoms with Gasteiger partial charge in [0, 0.05) is 37.7 Å². The summed E-state index contributed by atoms with van der Waals surface area (Å²) >= 11 is 0. The van der Waals surface area contributed by atoms with Gasteiger partial charge >= 0.3 is 0 Å². The van der Waals surface area contributed by atoms with Crippen molar-refractivity contribution in [3.63, 3.8) is 0 Å². The number of hydrogen-bond donors (Lipinski definition) is 0. The van der Waals surface area contributed by atoms with Crippen LogP contribution in [0.5, 0.6) is 0 Å². The first kappa shape index (κ1) is 14.8. The van der Waals surface area contributed by atoms with E-state index in [1.165, 1.54) is 25.0 Å². The fraction of sp³-hybridized carbons (Fsp3) is 0.765. The lowest BCUT2D eigenvalue weighted by Gasteiger charge is -2.33. The molecule has 0 spiro atoms. The molecular formula is C17H27N3O. The number of hydrogen-bond acceptors (Lipinski definition) is 3. The molecule has 0 aromatic carbocycles. The normalized spacial score (nSPS) is 27.4. The van der Waals surface area contributed by atoms with Gasteiger partial charge in [0.1, 0.15) is 5.78 Å². The fourth-order valence-corrected chi connectivity index (χ4v) is 4.05. The van der Waals surface area contributed by atoms with Crippen LogP contribution in [0, 0.1) is 5.92 Å². The third kappa shape index (κ3) is 3.20. The SMILES string of the molecule is CCCn1cncc1CN1CCCC1C1CCCCC1=O. The molecule has 1 aliphatic carbocycles. The van der Waals surface area contributed by atoms with Gasteiger partial charge in [-0.25, -0.2) is 4.98 Å². The molecule has 4 nitrogen and oxygen atoms in total. The number of nitrogens with zero attached hydrogens (tertiary/aromatic N) is 3. The molecule has 2 aliphatic rings. The minimum absolute atomic E-state index is 0.295. The van der Waals surface area contributed by atoms with Crippen molar-refractivity contribution in [2.24, 2.45) is 5.92 Å². The maximum Gasteiger partial charge on any atom is 0.137 e. The van der Waals surface area contributed by atoms with E-state index in [2.05, 4.69) is 21.4 Å². The molecule has 3 rings (SSSR count). The van der Waals surface area contributed by atoms with E-state index in [9.17, 15) is 4.79 Å². The van der Waals surface area contributed by atoms with Crippen LogP contribution in [0.3, 0.4) is 0 Å². The summed E-state index contributed by atoms with van der Waals surface area (Å²) < 4.78 is 2.26. The van der Waals surface area contributed by atoms with E-state index >= 15 is 0 Å². The highest BCUT2D eigenvalue weighted by atomic mass is 16.1. The highest BCUT2D eigenvalue weighted by molar-refractivity contribution is 5.82. The van der Waals surface area contributed by atoms with Crippen LogP contribution in [-0.4, -0.2) is 32.8 Å². The van der Waals surface area contributed by atoms with E-state index in [4.69, 9.17) is 0 Å². The molecule has 2 heterocycles. The Labute approximate surface area is 127 Å². The molecule has 0 N–H and O–H groups in total. The first-order chi connectivity index (χ1) is 10.3.